The van der Waals surface area contributed by atoms with Crippen molar-refractivity contribution < 1.29 is 19.6 Å². The van der Waals surface area contributed by atoms with Crippen molar-refractivity contribution >= 4 is 17.7 Å². The first-order chi connectivity index (χ1) is 10.4. The molecule has 10 nitrogen and oxygen atoms in total. The minimum atomic E-state index is -1.06. The van der Waals surface area contributed by atoms with Crippen LogP contribution >= 0.6 is 0 Å². The molecule has 2 rings (SSSR count). The van der Waals surface area contributed by atoms with Crippen molar-refractivity contribution in [2.75, 3.05) is 6.54 Å². The molecule has 0 aromatic carbocycles. The fourth-order valence-electron chi connectivity index (χ4n) is 2.78. The topological polar surface area (TPSA) is 145 Å². The standard InChI is InChI=1S/C12H17N5O5/c1-2-8-9(17(21)22)10(11(13)18)16(14-8)6-7-4-3-5-15(7)12(19)20/h7H,2-6H2,1H3,(H2,13,18)(H,19,20)/t7-/m0/s1. The van der Waals surface area contributed by atoms with E-state index in [1.807, 2.05) is 0 Å². The summed E-state index contributed by atoms with van der Waals surface area (Å²) >= 11 is 0. The summed E-state index contributed by atoms with van der Waals surface area (Å²) in [5.41, 5.74) is 4.75. The molecule has 1 aromatic rings. The van der Waals surface area contributed by atoms with E-state index < -0.39 is 22.6 Å². The van der Waals surface area contributed by atoms with Gasteiger partial charge in [-0.25, -0.2) is 4.79 Å². The maximum Gasteiger partial charge on any atom is 0.407 e. The van der Waals surface area contributed by atoms with Crippen LogP contribution in [0, 0.1) is 10.1 Å². The van der Waals surface area contributed by atoms with Gasteiger partial charge in [-0.15, -0.1) is 0 Å². The summed E-state index contributed by atoms with van der Waals surface area (Å²) in [6.07, 6.45) is 0.532. The molecule has 0 aliphatic carbocycles. The Labute approximate surface area is 125 Å². The summed E-state index contributed by atoms with van der Waals surface area (Å²) in [5.74, 6) is -0.946. The number of amides is 2. The SMILES string of the molecule is CCc1nn(C[C@@H]2CCCN2C(=O)O)c(C(N)=O)c1[N+](=O)[O-]. The predicted octanol–water partition coefficient (Wildman–Crippen LogP) is 0.595. The third-order valence-corrected chi connectivity index (χ3v) is 3.75. The van der Waals surface area contributed by atoms with Gasteiger partial charge >= 0.3 is 11.8 Å². The lowest BCUT2D eigenvalue weighted by Gasteiger charge is -2.21. The fraction of sp³-hybridized carbons (Fsp3) is 0.583. The molecule has 120 valence electrons. The van der Waals surface area contributed by atoms with Gasteiger partial charge in [0, 0.05) is 6.54 Å². The molecule has 2 heterocycles. The molecule has 10 heteroatoms. The number of hydrogen-bond acceptors (Lipinski definition) is 5. The summed E-state index contributed by atoms with van der Waals surface area (Å²) in [7, 11) is 0. The van der Waals surface area contributed by atoms with Gasteiger partial charge in [-0.1, -0.05) is 6.92 Å². The van der Waals surface area contributed by atoms with Crippen LogP contribution in [0.5, 0.6) is 0 Å². The molecule has 1 atom stereocenters. The average Bonchev–Trinajstić information content (AvgIpc) is 3.02. The Kier molecular flexibility index (Phi) is 4.29. The van der Waals surface area contributed by atoms with Crippen molar-refractivity contribution in [3.8, 4) is 0 Å². The van der Waals surface area contributed by atoms with E-state index in [2.05, 4.69) is 5.10 Å². The van der Waals surface area contributed by atoms with Crippen molar-refractivity contribution in [3.05, 3.63) is 21.5 Å². The number of primary amides is 1. The second kappa shape index (κ2) is 6.00. The highest BCUT2D eigenvalue weighted by Gasteiger charge is 2.34. The van der Waals surface area contributed by atoms with E-state index in [0.717, 1.165) is 0 Å². The lowest BCUT2D eigenvalue weighted by Crippen LogP contribution is -2.38. The normalized spacial score (nSPS) is 17.7. The smallest absolute Gasteiger partial charge is 0.407 e. The minimum absolute atomic E-state index is 0.0748. The zero-order chi connectivity index (χ0) is 16.4. The Morgan fingerprint density at radius 1 is 1.55 bits per heavy atom. The van der Waals surface area contributed by atoms with E-state index in [-0.39, 0.29) is 30.4 Å². The second-order valence-corrected chi connectivity index (χ2v) is 5.07. The van der Waals surface area contributed by atoms with Crippen molar-refractivity contribution in [2.45, 2.75) is 38.8 Å². The maximum absolute atomic E-state index is 11.6. The minimum Gasteiger partial charge on any atom is -0.465 e. The highest BCUT2D eigenvalue weighted by Crippen LogP contribution is 2.26. The molecule has 2 amide bonds. The summed E-state index contributed by atoms with van der Waals surface area (Å²) in [5, 5.41) is 24.4. The van der Waals surface area contributed by atoms with Crippen LogP contribution in [0.2, 0.25) is 0 Å². The van der Waals surface area contributed by atoms with Crippen LogP contribution in [-0.4, -0.2) is 49.3 Å². The Morgan fingerprint density at radius 3 is 2.73 bits per heavy atom. The van der Waals surface area contributed by atoms with Crippen LogP contribution in [-0.2, 0) is 13.0 Å². The van der Waals surface area contributed by atoms with E-state index >= 15 is 0 Å². The zero-order valence-corrected chi connectivity index (χ0v) is 12.1. The third kappa shape index (κ3) is 2.71. The van der Waals surface area contributed by atoms with Gasteiger partial charge in [0.25, 0.3) is 5.91 Å². The highest BCUT2D eigenvalue weighted by atomic mass is 16.6. The number of nitro groups is 1. The van der Waals surface area contributed by atoms with Gasteiger partial charge in [0.15, 0.2) is 0 Å². The van der Waals surface area contributed by atoms with Gasteiger partial charge in [0.05, 0.1) is 17.5 Å². The Bertz CT molecular complexity index is 626. The van der Waals surface area contributed by atoms with Crippen LogP contribution in [0.25, 0.3) is 0 Å². The molecule has 0 unspecified atom stereocenters. The van der Waals surface area contributed by atoms with Crippen LogP contribution in [0.3, 0.4) is 0 Å². The lowest BCUT2D eigenvalue weighted by molar-refractivity contribution is -0.385. The predicted molar refractivity (Wildman–Crippen MR) is 74.5 cm³/mol. The molecule has 0 spiro atoms. The van der Waals surface area contributed by atoms with Crippen LogP contribution in [0.15, 0.2) is 0 Å². The number of aryl methyl sites for hydroxylation is 1. The number of aromatic nitrogens is 2. The lowest BCUT2D eigenvalue weighted by atomic mass is 10.2. The van der Waals surface area contributed by atoms with Crippen molar-refractivity contribution in [3.63, 3.8) is 0 Å². The van der Waals surface area contributed by atoms with E-state index in [4.69, 9.17) is 10.8 Å². The Hall–Kier alpha value is -2.65. The molecule has 1 aromatic heterocycles. The molecule has 3 N–H and O–H groups in total. The first-order valence-corrected chi connectivity index (χ1v) is 6.90. The van der Waals surface area contributed by atoms with E-state index in [1.54, 1.807) is 6.92 Å². The Morgan fingerprint density at radius 2 is 2.23 bits per heavy atom. The first kappa shape index (κ1) is 15.7. The molecule has 1 aliphatic rings. The van der Waals surface area contributed by atoms with Gasteiger partial charge in [-0.2, -0.15) is 5.10 Å². The maximum atomic E-state index is 11.6. The molecule has 1 aliphatic heterocycles. The van der Waals surface area contributed by atoms with Gasteiger partial charge in [0.2, 0.25) is 5.69 Å². The van der Waals surface area contributed by atoms with Crippen molar-refractivity contribution in [1.82, 2.24) is 14.7 Å². The van der Waals surface area contributed by atoms with E-state index in [9.17, 15) is 19.7 Å². The number of carbonyl (C=O) groups is 2. The number of carboxylic acid groups (broad SMARTS) is 1. The van der Waals surface area contributed by atoms with Gasteiger partial charge < -0.3 is 15.7 Å². The number of rotatable bonds is 5. The number of carbonyl (C=O) groups excluding carboxylic acids is 1. The zero-order valence-electron chi connectivity index (χ0n) is 12.1. The fourth-order valence-corrected chi connectivity index (χ4v) is 2.78. The number of nitrogens with two attached hydrogens (primary N) is 1. The van der Waals surface area contributed by atoms with Crippen molar-refractivity contribution in [2.24, 2.45) is 5.73 Å². The summed E-state index contributed by atoms with van der Waals surface area (Å²) in [6, 6.07) is -0.375. The number of hydrogen-bond donors (Lipinski definition) is 2. The van der Waals surface area contributed by atoms with Crippen LogP contribution in [0.4, 0.5) is 10.5 Å². The Balaban J connectivity index is 2.40. The van der Waals surface area contributed by atoms with Gasteiger partial charge in [-0.05, 0) is 19.3 Å². The van der Waals surface area contributed by atoms with Crippen LogP contribution in [0.1, 0.15) is 35.9 Å². The molecular formula is C12H17N5O5. The van der Waals surface area contributed by atoms with Crippen molar-refractivity contribution in [1.29, 1.82) is 0 Å². The van der Waals surface area contributed by atoms with Gasteiger partial charge in [0.1, 0.15) is 5.69 Å². The molecule has 1 saturated heterocycles. The van der Waals surface area contributed by atoms with Gasteiger partial charge in [-0.3, -0.25) is 19.6 Å². The van der Waals surface area contributed by atoms with E-state index in [0.29, 0.717) is 19.4 Å². The van der Waals surface area contributed by atoms with E-state index in [1.165, 1.54) is 9.58 Å². The molecule has 0 saturated carbocycles. The molecule has 0 bridgehead atoms. The number of likely N-dealkylation sites (tertiary alicyclic amines) is 1. The number of nitrogens with zero attached hydrogens (tertiary/aromatic N) is 4. The summed E-state index contributed by atoms with van der Waals surface area (Å²) in [6.45, 7) is 2.16. The average molecular weight is 311 g/mol. The molecule has 0 radical (unpaired) electrons. The molecular weight excluding hydrogens is 294 g/mol. The highest BCUT2D eigenvalue weighted by molar-refractivity contribution is 5.95. The van der Waals surface area contributed by atoms with Crippen LogP contribution < -0.4 is 5.73 Å². The second-order valence-electron chi connectivity index (χ2n) is 5.07. The monoisotopic (exact) mass is 311 g/mol. The summed E-state index contributed by atoms with van der Waals surface area (Å²) in [4.78, 5) is 34.5. The first-order valence-electron chi connectivity index (χ1n) is 6.90. The third-order valence-electron chi connectivity index (χ3n) is 3.75. The largest absolute Gasteiger partial charge is 0.465 e. The summed E-state index contributed by atoms with van der Waals surface area (Å²) < 4.78 is 1.17. The quantitative estimate of drug-likeness (QED) is 0.601. The molecule has 22 heavy (non-hydrogen) atoms. The molecule has 1 fully saturated rings.